The molecule has 0 saturated heterocycles. The Hall–Kier alpha value is -3.39. The van der Waals surface area contributed by atoms with E-state index in [-0.39, 0.29) is 30.8 Å². The summed E-state index contributed by atoms with van der Waals surface area (Å²) in [4.78, 5) is 39.5. The van der Waals surface area contributed by atoms with Crippen molar-refractivity contribution < 1.29 is 14.4 Å². The molecule has 0 heterocycles. The van der Waals surface area contributed by atoms with E-state index in [2.05, 4.69) is 16.0 Å². The summed E-state index contributed by atoms with van der Waals surface area (Å²) < 4.78 is 0. The molecule has 0 bridgehead atoms. The molecule has 2 aromatic rings. The van der Waals surface area contributed by atoms with Crippen LogP contribution in [0.2, 0.25) is 0 Å². The van der Waals surface area contributed by atoms with E-state index in [1.54, 1.807) is 22.9 Å². The number of hydrogen-bond acceptors (Lipinski definition) is 4. The van der Waals surface area contributed by atoms with E-state index in [4.69, 9.17) is 0 Å². The maximum atomic E-state index is 12.1. The van der Waals surface area contributed by atoms with Crippen LogP contribution in [0, 0.1) is 0 Å². The molecule has 166 valence electrons. The van der Waals surface area contributed by atoms with Gasteiger partial charge in [-0.2, -0.15) is 0 Å². The summed E-state index contributed by atoms with van der Waals surface area (Å²) in [5, 5.41) is 8.41. The van der Waals surface area contributed by atoms with Crippen molar-refractivity contribution in [3.05, 3.63) is 65.7 Å². The summed E-state index contributed by atoms with van der Waals surface area (Å²) in [6, 6.07) is 16.8. The maximum absolute atomic E-state index is 12.1. The number of urea groups is 1. The van der Waals surface area contributed by atoms with Crippen molar-refractivity contribution in [1.82, 2.24) is 20.4 Å². The SMILES string of the molecule is CN(C)CC(=O)Nc1cccc(CNC(=O)CCNC(=O)N(C)Cc2ccccc2)c1. The zero-order valence-electron chi connectivity index (χ0n) is 18.4. The second-order valence-corrected chi connectivity index (χ2v) is 7.59. The Morgan fingerprint density at radius 1 is 0.839 bits per heavy atom. The first kappa shape index (κ1) is 23.9. The van der Waals surface area contributed by atoms with Gasteiger partial charge in [-0.25, -0.2) is 4.79 Å². The fourth-order valence-electron chi connectivity index (χ4n) is 2.88. The Kier molecular flexibility index (Phi) is 9.51. The van der Waals surface area contributed by atoms with Gasteiger partial charge in [0.1, 0.15) is 0 Å². The number of rotatable bonds is 10. The fraction of sp³-hybridized carbons (Fsp3) is 0.348. The van der Waals surface area contributed by atoms with Crippen molar-refractivity contribution in [2.24, 2.45) is 0 Å². The first-order chi connectivity index (χ1) is 14.8. The lowest BCUT2D eigenvalue weighted by Gasteiger charge is -2.18. The monoisotopic (exact) mass is 425 g/mol. The Bertz CT molecular complexity index is 871. The van der Waals surface area contributed by atoms with Crippen LogP contribution in [-0.4, -0.2) is 61.9 Å². The highest BCUT2D eigenvalue weighted by molar-refractivity contribution is 5.92. The first-order valence-corrected chi connectivity index (χ1v) is 10.2. The molecule has 0 aliphatic carbocycles. The molecule has 8 heteroatoms. The van der Waals surface area contributed by atoms with Gasteiger partial charge >= 0.3 is 6.03 Å². The Morgan fingerprint density at radius 3 is 2.26 bits per heavy atom. The van der Waals surface area contributed by atoms with Crippen LogP contribution < -0.4 is 16.0 Å². The van der Waals surface area contributed by atoms with E-state index in [9.17, 15) is 14.4 Å². The van der Waals surface area contributed by atoms with Crippen LogP contribution in [0.1, 0.15) is 17.5 Å². The molecular formula is C23H31N5O3. The van der Waals surface area contributed by atoms with Crippen molar-refractivity contribution in [2.45, 2.75) is 19.5 Å². The fourth-order valence-corrected chi connectivity index (χ4v) is 2.88. The van der Waals surface area contributed by atoms with E-state index in [1.165, 1.54) is 0 Å². The van der Waals surface area contributed by atoms with Crippen molar-refractivity contribution >= 4 is 23.5 Å². The summed E-state index contributed by atoms with van der Waals surface area (Å²) in [5.41, 5.74) is 2.60. The van der Waals surface area contributed by atoms with E-state index in [0.717, 1.165) is 11.1 Å². The maximum Gasteiger partial charge on any atom is 0.317 e. The molecule has 0 aromatic heterocycles. The number of nitrogens with one attached hydrogen (secondary N) is 3. The molecule has 2 rings (SSSR count). The third-order valence-corrected chi connectivity index (χ3v) is 4.40. The molecular weight excluding hydrogens is 394 g/mol. The zero-order chi connectivity index (χ0) is 22.6. The highest BCUT2D eigenvalue weighted by Gasteiger charge is 2.10. The minimum absolute atomic E-state index is 0.0980. The van der Waals surface area contributed by atoms with Gasteiger partial charge in [-0.1, -0.05) is 42.5 Å². The predicted octanol–water partition coefficient (Wildman–Crippen LogP) is 2.03. The van der Waals surface area contributed by atoms with Gasteiger partial charge in [0.15, 0.2) is 0 Å². The Labute approximate surface area is 183 Å². The number of benzene rings is 2. The average molecular weight is 426 g/mol. The van der Waals surface area contributed by atoms with Gasteiger partial charge < -0.3 is 25.8 Å². The Morgan fingerprint density at radius 2 is 1.55 bits per heavy atom. The molecule has 3 N–H and O–H groups in total. The molecule has 4 amide bonds. The molecule has 8 nitrogen and oxygen atoms in total. The highest BCUT2D eigenvalue weighted by atomic mass is 16.2. The number of hydrogen-bond donors (Lipinski definition) is 3. The molecule has 0 aliphatic heterocycles. The smallest absolute Gasteiger partial charge is 0.317 e. The van der Waals surface area contributed by atoms with Crippen LogP contribution in [-0.2, 0) is 22.7 Å². The summed E-state index contributed by atoms with van der Waals surface area (Å²) in [6.45, 7) is 1.40. The highest BCUT2D eigenvalue weighted by Crippen LogP contribution is 2.10. The quantitative estimate of drug-likeness (QED) is 0.543. The van der Waals surface area contributed by atoms with Crippen molar-refractivity contribution in [1.29, 1.82) is 0 Å². The molecule has 0 aliphatic rings. The summed E-state index contributed by atoms with van der Waals surface area (Å²) >= 11 is 0. The van der Waals surface area contributed by atoms with E-state index >= 15 is 0 Å². The molecule has 0 fully saturated rings. The predicted molar refractivity (Wildman–Crippen MR) is 121 cm³/mol. The van der Waals surface area contributed by atoms with Gasteiger partial charge in [0.05, 0.1) is 6.54 Å². The van der Waals surface area contributed by atoms with E-state index in [1.807, 2.05) is 62.6 Å². The first-order valence-electron chi connectivity index (χ1n) is 10.2. The minimum Gasteiger partial charge on any atom is -0.352 e. The number of likely N-dealkylation sites (N-methyl/N-ethyl adjacent to an activating group) is 1. The number of anilines is 1. The zero-order valence-corrected chi connectivity index (χ0v) is 18.4. The number of nitrogens with zero attached hydrogens (tertiary/aromatic N) is 2. The molecule has 0 atom stereocenters. The number of amides is 4. The molecule has 0 saturated carbocycles. The van der Waals surface area contributed by atoms with E-state index in [0.29, 0.717) is 25.3 Å². The van der Waals surface area contributed by atoms with Gasteiger partial charge in [0, 0.05) is 38.8 Å². The standard InChI is InChI=1S/C23H31N5O3/c1-27(2)17-22(30)26-20-11-7-10-19(14-20)15-25-21(29)12-13-24-23(31)28(3)16-18-8-5-4-6-9-18/h4-11,14H,12-13,15-17H2,1-3H3,(H,24,31)(H,25,29)(H,26,30). The largest absolute Gasteiger partial charge is 0.352 e. The van der Waals surface area contributed by atoms with Crippen LogP contribution in [0.4, 0.5) is 10.5 Å². The lowest BCUT2D eigenvalue weighted by atomic mass is 10.2. The lowest BCUT2D eigenvalue weighted by molar-refractivity contribution is -0.121. The van der Waals surface area contributed by atoms with Gasteiger partial charge in [-0.05, 0) is 37.4 Å². The van der Waals surface area contributed by atoms with Gasteiger partial charge in [-0.15, -0.1) is 0 Å². The summed E-state index contributed by atoms with van der Waals surface area (Å²) in [5.74, 6) is -0.257. The third kappa shape index (κ3) is 9.31. The summed E-state index contributed by atoms with van der Waals surface area (Å²) in [7, 11) is 5.37. The average Bonchev–Trinajstić information content (AvgIpc) is 2.72. The number of carbonyl (C=O) groups is 3. The minimum atomic E-state index is -0.224. The Balaban J connectivity index is 1.69. The molecule has 0 spiro atoms. The van der Waals surface area contributed by atoms with Gasteiger partial charge in [0.25, 0.3) is 0 Å². The van der Waals surface area contributed by atoms with Gasteiger partial charge in [0.2, 0.25) is 11.8 Å². The van der Waals surface area contributed by atoms with Crippen molar-refractivity contribution in [2.75, 3.05) is 39.5 Å². The normalized spacial score (nSPS) is 10.5. The lowest BCUT2D eigenvalue weighted by Crippen LogP contribution is -2.38. The van der Waals surface area contributed by atoms with Crippen LogP contribution in [0.25, 0.3) is 0 Å². The number of carbonyl (C=O) groups excluding carboxylic acids is 3. The summed E-state index contributed by atoms with van der Waals surface area (Å²) in [6.07, 6.45) is 0.185. The van der Waals surface area contributed by atoms with Crippen LogP contribution in [0.5, 0.6) is 0 Å². The third-order valence-electron chi connectivity index (χ3n) is 4.40. The molecule has 0 radical (unpaired) electrons. The van der Waals surface area contributed by atoms with Crippen LogP contribution >= 0.6 is 0 Å². The second kappa shape index (κ2) is 12.3. The molecule has 0 unspecified atom stereocenters. The molecule has 31 heavy (non-hydrogen) atoms. The second-order valence-electron chi connectivity index (χ2n) is 7.59. The molecule has 2 aromatic carbocycles. The topological polar surface area (TPSA) is 93.8 Å². The van der Waals surface area contributed by atoms with Crippen LogP contribution in [0.15, 0.2) is 54.6 Å². The van der Waals surface area contributed by atoms with E-state index < -0.39 is 0 Å². The van der Waals surface area contributed by atoms with Gasteiger partial charge in [-0.3, -0.25) is 9.59 Å². The van der Waals surface area contributed by atoms with Crippen molar-refractivity contribution in [3.8, 4) is 0 Å². The van der Waals surface area contributed by atoms with Crippen LogP contribution in [0.3, 0.4) is 0 Å². The van der Waals surface area contributed by atoms with Crippen molar-refractivity contribution in [3.63, 3.8) is 0 Å².